The number of benzene rings is 3. The van der Waals surface area contributed by atoms with Crippen LogP contribution in [0.2, 0.25) is 0 Å². The molecule has 4 heteroatoms. The van der Waals surface area contributed by atoms with Gasteiger partial charge in [-0.25, -0.2) is 0 Å². The highest BCUT2D eigenvalue weighted by molar-refractivity contribution is 5.82. The highest BCUT2D eigenvalue weighted by Crippen LogP contribution is 2.31. The summed E-state index contributed by atoms with van der Waals surface area (Å²) in [5.41, 5.74) is 2.23. The van der Waals surface area contributed by atoms with Crippen LogP contribution in [0.25, 0.3) is 0 Å². The van der Waals surface area contributed by atoms with Crippen molar-refractivity contribution in [2.75, 3.05) is 6.61 Å². The molecule has 136 valence electrons. The summed E-state index contributed by atoms with van der Waals surface area (Å²) in [5.74, 6) is 1.10. The van der Waals surface area contributed by atoms with E-state index >= 15 is 0 Å². The maximum Gasteiger partial charge on any atom is 0.265 e. The van der Waals surface area contributed by atoms with Crippen LogP contribution in [0, 0.1) is 0 Å². The first-order valence-corrected chi connectivity index (χ1v) is 9.07. The van der Waals surface area contributed by atoms with E-state index in [1.54, 1.807) is 0 Å². The molecule has 27 heavy (non-hydrogen) atoms. The van der Waals surface area contributed by atoms with Crippen LogP contribution < -0.4 is 14.8 Å². The predicted octanol–water partition coefficient (Wildman–Crippen LogP) is 3.93. The number of hydrogen-bond donors (Lipinski definition) is 1. The number of rotatable bonds is 5. The van der Waals surface area contributed by atoms with Crippen LogP contribution in [0.15, 0.2) is 84.9 Å². The Kier molecular flexibility index (Phi) is 5.06. The summed E-state index contributed by atoms with van der Waals surface area (Å²) >= 11 is 0. The zero-order valence-electron chi connectivity index (χ0n) is 14.9. The topological polar surface area (TPSA) is 47.6 Å². The number of nitrogens with one attached hydrogen (secondary N) is 1. The molecule has 1 N–H and O–H groups in total. The van der Waals surface area contributed by atoms with E-state index in [9.17, 15) is 4.79 Å². The average Bonchev–Trinajstić information content (AvgIpc) is 2.74. The molecule has 1 heterocycles. The standard InChI is InChI=1S/C23H21NO3/c25-23(22-16-26-20-13-7-8-14-21(20)27-22)24-19(18-11-5-2-6-12-18)15-17-9-3-1-4-10-17/h1-14,19,22H,15-16H2,(H,24,25)/t19-,22-/m0/s1. The molecule has 4 rings (SSSR count). The number of carbonyl (C=O) groups is 1. The van der Waals surface area contributed by atoms with Crippen molar-refractivity contribution >= 4 is 5.91 Å². The van der Waals surface area contributed by atoms with Crippen molar-refractivity contribution in [3.05, 3.63) is 96.1 Å². The summed E-state index contributed by atoms with van der Waals surface area (Å²) in [4.78, 5) is 12.9. The second kappa shape index (κ2) is 7.96. The number of fused-ring (bicyclic) bond motifs is 1. The Balaban J connectivity index is 1.50. The second-order valence-corrected chi connectivity index (χ2v) is 6.53. The van der Waals surface area contributed by atoms with E-state index in [2.05, 4.69) is 17.4 Å². The molecule has 0 fully saturated rings. The fourth-order valence-corrected chi connectivity index (χ4v) is 3.20. The third kappa shape index (κ3) is 4.11. The van der Waals surface area contributed by atoms with Crippen LogP contribution in [0.3, 0.4) is 0 Å². The summed E-state index contributed by atoms with van der Waals surface area (Å²) in [7, 11) is 0. The van der Waals surface area contributed by atoms with Gasteiger partial charge in [-0.15, -0.1) is 0 Å². The van der Waals surface area contributed by atoms with Crippen molar-refractivity contribution in [2.24, 2.45) is 0 Å². The summed E-state index contributed by atoms with van der Waals surface area (Å²) in [5, 5.41) is 3.14. The summed E-state index contributed by atoms with van der Waals surface area (Å²) in [6.07, 6.45) is 0.0442. The van der Waals surface area contributed by atoms with E-state index in [1.165, 1.54) is 0 Å². The lowest BCUT2D eigenvalue weighted by Gasteiger charge is -2.28. The van der Waals surface area contributed by atoms with Gasteiger partial charge in [0.05, 0.1) is 6.04 Å². The Hall–Kier alpha value is -3.27. The molecular weight excluding hydrogens is 338 g/mol. The first-order valence-electron chi connectivity index (χ1n) is 9.07. The van der Waals surface area contributed by atoms with Gasteiger partial charge in [-0.3, -0.25) is 4.79 Å². The molecule has 0 bridgehead atoms. The molecule has 0 radical (unpaired) electrons. The molecule has 3 aromatic carbocycles. The monoisotopic (exact) mass is 359 g/mol. The molecule has 0 saturated carbocycles. The third-order valence-electron chi connectivity index (χ3n) is 4.60. The Labute approximate surface area is 158 Å². The van der Waals surface area contributed by atoms with Gasteiger partial charge >= 0.3 is 0 Å². The van der Waals surface area contributed by atoms with Gasteiger partial charge in [0.25, 0.3) is 5.91 Å². The zero-order valence-corrected chi connectivity index (χ0v) is 14.9. The maximum atomic E-state index is 12.9. The fraction of sp³-hybridized carbons (Fsp3) is 0.174. The molecule has 0 spiro atoms. The number of para-hydroxylation sites is 2. The van der Waals surface area contributed by atoms with Crippen LogP contribution in [-0.2, 0) is 11.2 Å². The van der Waals surface area contributed by atoms with E-state index in [0.29, 0.717) is 17.9 Å². The molecule has 0 aromatic heterocycles. The minimum absolute atomic E-state index is 0.137. The Morgan fingerprint density at radius 2 is 1.52 bits per heavy atom. The molecule has 1 aliphatic rings. The van der Waals surface area contributed by atoms with Crippen molar-refractivity contribution in [3.8, 4) is 11.5 Å². The van der Waals surface area contributed by atoms with Gasteiger partial charge in [0.2, 0.25) is 6.10 Å². The molecule has 3 aromatic rings. The largest absolute Gasteiger partial charge is 0.485 e. The van der Waals surface area contributed by atoms with Crippen molar-refractivity contribution < 1.29 is 14.3 Å². The highest BCUT2D eigenvalue weighted by Gasteiger charge is 2.29. The molecule has 0 unspecified atom stereocenters. The molecule has 4 nitrogen and oxygen atoms in total. The van der Waals surface area contributed by atoms with Crippen molar-refractivity contribution in [1.82, 2.24) is 5.32 Å². The zero-order chi connectivity index (χ0) is 18.5. The van der Waals surface area contributed by atoms with E-state index in [0.717, 1.165) is 11.1 Å². The molecule has 0 saturated heterocycles. The van der Waals surface area contributed by atoms with E-state index < -0.39 is 6.10 Å². The fourth-order valence-electron chi connectivity index (χ4n) is 3.20. The Bertz CT molecular complexity index is 896. The van der Waals surface area contributed by atoms with Crippen molar-refractivity contribution in [3.63, 3.8) is 0 Å². The van der Waals surface area contributed by atoms with Gasteiger partial charge in [0, 0.05) is 0 Å². The van der Waals surface area contributed by atoms with E-state index in [-0.39, 0.29) is 18.6 Å². The van der Waals surface area contributed by atoms with Gasteiger partial charge in [0.1, 0.15) is 6.61 Å². The van der Waals surface area contributed by atoms with Gasteiger partial charge in [0.15, 0.2) is 11.5 Å². The lowest BCUT2D eigenvalue weighted by atomic mass is 9.98. The van der Waals surface area contributed by atoms with Crippen LogP contribution in [0.5, 0.6) is 11.5 Å². The lowest BCUT2D eigenvalue weighted by molar-refractivity contribution is -0.131. The number of carbonyl (C=O) groups excluding carboxylic acids is 1. The van der Waals surface area contributed by atoms with Crippen molar-refractivity contribution in [1.29, 1.82) is 0 Å². The molecule has 0 aliphatic carbocycles. The number of ether oxygens (including phenoxy) is 2. The first kappa shape index (κ1) is 17.2. The molecule has 1 amide bonds. The minimum atomic E-state index is -0.665. The van der Waals surface area contributed by atoms with E-state index in [1.807, 2.05) is 72.8 Å². The van der Waals surface area contributed by atoms with Gasteiger partial charge < -0.3 is 14.8 Å². The Morgan fingerprint density at radius 1 is 0.889 bits per heavy atom. The summed E-state index contributed by atoms with van der Waals surface area (Å²) in [6.45, 7) is 0.204. The molecular formula is C23H21NO3. The summed E-state index contributed by atoms with van der Waals surface area (Å²) in [6, 6.07) is 27.4. The second-order valence-electron chi connectivity index (χ2n) is 6.53. The van der Waals surface area contributed by atoms with Crippen LogP contribution in [-0.4, -0.2) is 18.6 Å². The highest BCUT2D eigenvalue weighted by atomic mass is 16.6. The number of hydrogen-bond acceptors (Lipinski definition) is 3. The molecule has 2 atom stereocenters. The van der Waals surface area contributed by atoms with Gasteiger partial charge in [-0.05, 0) is 29.7 Å². The Morgan fingerprint density at radius 3 is 2.26 bits per heavy atom. The first-order chi connectivity index (χ1) is 13.3. The molecule has 1 aliphatic heterocycles. The average molecular weight is 359 g/mol. The lowest BCUT2D eigenvalue weighted by Crippen LogP contribution is -2.45. The number of amides is 1. The predicted molar refractivity (Wildman–Crippen MR) is 104 cm³/mol. The smallest absolute Gasteiger partial charge is 0.265 e. The van der Waals surface area contributed by atoms with E-state index in [4.69, 9.17) is 9.47 Å². The summed E-state index contributed by atoms with van der Waals surface area (Å²) < 4.78 is 11.5. The normalized spacial score (nSPS) is 16.4. The van der Waals surface area contributed by atoms with Gasteiger partial charge in [-0.2, -0.15) is 0 Å². The van der Waals surface area contributed by atoms with Gasteiger partial charge in [-0.1, -0.05) is 72.8 Å². The van der Waals surface area contributed by atoms with Crippen LogP contribution in [0.1, 0.15) is 17.2 Å². The van der Waals surface area contributed by atoms with Crippen LogP contribution in [0.4, 0.5) is 0 Å². The minimum Gasteiger partial charge on any atom is -0.485 e. The van der Waals surface area contributed by atoms with Crippen LogP contribution >= 0.6 is 0 Å². The maximum absolute atomic E-state index is 12.9. The quantitative estimate of drug-likeness (QED) is 0.751. The third-order valence-corrected chi connectivity index (χ3v) is 4.60. The van der Waals surface area contributed by atoms with Crippen molar-refractivity contribution in [2.45, 2.75) is 18.6 Å². The SMILES string of the molecule is O=C(N[C@@H](Cc1ccccc1)c1ccccc1)[C@@H]1COc2ccccc2O1.